The second-order valence-electron chi connectivity index (χ2n) is 2.93. The number of rotatable bonds is 2. The molecular formula is C9H9N3OS. The van der Waals surface area contributed by atoms with Crippen LogP contribution in [-0.2, 0) is 6.54 Å². The molecule has 0 spiro atoms. The zero-order valence-electron chi connectivity index (χ0n) is 7.67. The van der Waals surface area contributed by atoms with Gasteiger partial charge in [-0.3, -0.25) is 9.78 Å². The average Bonchev–Trinajstić information content (AvgIpc) is 2.56. The zero-order valence-corrected chi connectivity index (χ0v) is 8.49. The van der Waals surface area contributed by atoms with Gasteiger partial charge in [-0.25, -0.2) is 4.98 Å². The summed E-state index contributed by atoms with van der Waals surface area (Å²) in [6, 6.07) is 0. The Balaban J connectivity index is 2.27. The topological polar surface area (TPSA) is 47.8 Å². The zero-order chi connectivity index (χ0) is 9.97. The van der Waals surface area contributed by atoms with Gasteiger partial charge in [-0.15, -0.1) is 11.3 Å². The number of aromatic nitrogens is 3. The smallest absolute Gasteiger partial charge is 0.269 e. The Hall–Kier alpha value is -1.49. The molecule has 4 nitrogen and oxygen atoms in total. The van der Waals surface area contributed by atoms with Crippen LogP contribution >= 0.6 is 11.3 Å². The van der Waals surface area contributed by atoms with E-state index in [4.69, 9.17) is 0 Å². The van der Waals surface area contributed by atoms with Gasteiger partial charge in [0, 0.05) is 23.5 Å². The molecule has 5 heteroatoms. The molecule has 0 atom stereocenters. The molecule has 2 aromatic heterocycles. The predicted octanol–water partition coefficient (Wildman–Crippen LogP) is 1.06. The van der Waals surface area contributed by atoms with Crippen molar-refractivity contribution in [3.05, 3.63) is 45.0 Å². The molecule has 2 heterocycles. The molecule has 0 aliphatic rings. The van der Waals surface area contributed by atoms with E-state index in [9.17, 15) is 4.79 Å². The van der Waals surface area contributed by atoms with Crippen LogP contribution in [0.25, 0.3) is 0 Å². The van der Waals surface area contributed by atoms with Gasteiger partial charge < -0.3 is 4.57 Å². The lowest BCUT2D eigenvalue weighted by Crippen LogP contribution is -2.19. The third-order valence-electron chi connectivity index (χ3n) is 1.77. The van der Waals surface area contributed by atoms with Crippen LogP contribution < -0.4 is 5.56 Å². The first-order valence-electron chi connectivity index (χ1n) is 4.17. The van der Waals surface area contributed by atoms with Crippen molar-refractivity contribution in [3.8, 4) is 0 Å². The molecule has 0 aromatic carbocycles. The second kappa shape index (κ2) is 3.71. The highest BCUT2D eigenvalue weighted by molar-refractivity contribution is 7.09. The van der Waals surface area contributed by atoms with Gasteiger partial charge in [-0.2, -0.15) is 0 Å². The van der Waals surface area contributed by atoms with E-state index in [1.54, 1.807) is 28.3 Å². The quantitative estimate of drug-likeness (QED) is 0.739. The maximum Gasteiger partial charge on any atom is 0.269 e. The molecule has 0 N–H and O–H groups in total. The standard InChI is InChI=1S/C9H9N3OS/c1-7-6-14-8(11-7)5-12-3-2-10-4-9(12)13/h2-4,6H,5H2,1H3. The highest BCUT2D eigenvalue weighted by Gasteiger charge is 2.00. The first kappa shape index (κ1) is 9.08. The predicted molar refractivity (Wildman–Crippen MR) is 54.5 cm³/mol. The molecular weight excluding hydrogens is 198 g/mol. The van der Waals surface area contributed by atoms with Crippen molar-refractivity contribution in [1.82, 2.24) is 14.5 Å². The van der Waals surface area contributed by atoms with E-state index in [0.29, 0.717) is 6.54 Å². The SMILES string of the molecule is Cc1csc(Cn2ccncc2=O)n1. The number of aryl methyl sites for hydroxylation is 1. The summed E-state index contributed by atoms with van der Waals surface area (Å²) in [5.41, 5.74) is 0.896. The van der Waals surface area contributed by atoms with Crippen LogP contribution in [0.1, 0.15) is 10.7 Å². The molecule has 2 aromatic rings. The fraction of sp³-hybridized carbons (Fsp3) is 0.222. The molecule has 0 bridgehead atoms. The van der Waals surface area contributed by atoms with E-state index >= 15 is 0 Å². The van der Waals surface area contributed by atoms with Crippen LogP contribution in [0.15, 0.2) is 28.8 Å². The number of hydrogen-bond donors (Lipinski definition) is 0. The van der Waals surface area contributed by atoms with Crippen LogP contribution in [0, 0.1) is 6.92 Å². The first-order chi connectivity index (χ1) is 6.75. The molecule has 0 amide bonds. The number of hydrogen-bond acceptors (Lipinski definition) is 4. The summed E-state index contributed by atoms with van der Waals surface area (Å²) in [5, 5.41) is 2.91. The summed E-state index contributed by atoms with van der Waals surface area (Å²) in [5.74, 6) is 0. The van der Waals surface area contributed by atoms with Crippen molar-refractivity contribution >= 4 is 11.3 Å². The molecule has 0 radical (unpaired) electrons. The van der Waals surface area contributed by atoms with E-state index < -0.39 is 0 Å². The Labute approximate surface area is 84.9 Å². The van der Waals surface area contributed by atoms with E-state index in [-0.39, 0.29) is 5.56 Å². The van der Waals surface area contributed by atoms with Crippen molar-refractivity contribution < 1.29 is 0 Å². The Morgan fingerprint density at radius 2 is 2.43 bits per heavy atom. The second-order valence-corrected chi connectivity index (χ2v) is 3.87. The monoisotopic (exact) mass is 207 g/mol. The van der Waals surface area contributed by atoms with E-state index in [2.05, 4.69) is 9.97 Å². The van der Waals surface area contributed by atoms with Crippen molar-refractivity contribution in [1.29, 1.82) is 0 Å². The highest BCUT2D eigenvalue weighted by atomic mass is 32.1. The molecule has 0 saturated heterocycles. The van der Waals surface area contributed by atoms with Gasteiger partial charge in [0.05, 0.1) is 12.7 Å². The lowest BCUT2D eigenvalue weighted by atomic mass is 10.5. The van der Waals surface area contributed by atoms with Gasteiger partial charge >= 0.3 is 0 Å². The third-order valence-corrected chi connectivity index (χ3v) is 2.72. The Kier molecular flexibility index (Phi) is 2.41. The molecule has 2 rings (SSSR count). The average molecular weight is 207 g/mol. The van der Waals surface area contributed by atoms with Crippen molar-refractivity contribution in [2.45, 2.75) is 13.5 Å². The van der Waals surface area contributed by atoms with Gasteiger partial charge in [0.2, 0.25) is 0 Å². The fourth-order valence-corrected chi connectivity index (χ4v) is 1.89. The van der Waals surface area contributed by atoms with Crippen molar-refractivity contribution in [3.63, 3.8) is 0 Å². The van der Waals surface area contributed by atoms with Crippen LogP contribution in [0.2, 0.25) is 0 Å². The van der Waals surface area contributed by atoms with Crippen LogP contribution in [0.3, 0.4) is 0 Å². The summed E-state index contributed by atoms with van der Waals surface area (Å²) < 4.78 is 1.59. The Bertz CT molecular complexity index is 489. The maximum atomic E-state index is 11.3. The summed E-state index contributed by atoms with van der Waals surface area (Å²) >= 11 is 1.56. The molecule has 0 saturated carbocycles. The van der Waals surface area contributed by atoms with Crippen LogP contribution in [0.4, 0.5) is 0 Å². The minimum absolute atomic E-state index is 0.0969. The minimum Gasteiger partial charge on any atom is -0.306 e. The fourth-order valence-electron chi connectivity index (χ4n) is 1.13. The van der Waals surface area contributed by atoms with Crippen molar-refractivity contribution in [2.75, 3.05) is 0 Å². The molecule has 14 heavy (non-hydrogen) atoms. The number of nitrogens with zero attached hydrogens (tertiary/aromatic N) is 3. The molecule has 72 valence electrons. The third kappa shape index (κ3) is 1.88. The minimum atomic E-state index is -0.0969. The largest absolute Gasteiger partial charge is 0.306 e. The molecule has 0 unspecified atom stereocenters. The number of thiazole rings is 1. The van der Waals surface area contributed by atoms with E-state index in [1.165, 1.54) is 6.20 Å². The van der Waals surface area contributed by atoms with Gasteiger partial charge in [0.15, 0.2) is 0 Å². The summed E-state index contributed by atoms with van der Waals surface area (Å²) in [6.07, 6.45) is 4.57. The first-order valence-corrected chi connectivity index (χ1v) is 5.05. The molecule has 0 aliphatic carbocycles. The normalized spacial score (nSPS) is 10.4. The Morgan fingerprint density at radius 1 is 1.57 bits per heavy atom. The van der Waals surface area contributed by atoms with E-state index in [1.807, 2.05) is 12.3 Å². The molecule has 0 fully saturated rings. The van der Waals surface area contributed by atoms with Crippen LogP contribution in [-0.4, -0.2) is 14.5 Å². The maximum absolute atomic E-state index is 11.3. The van der Waals surface area contributed by atoms with Crippen molar-refractivity contribution in [2.24, 2.45) is 0 Å². The highest BCUT2D eigenvalue weighted by Crippen LogP contribution is 2.08. The Morgan fingerprint density at radius 3 is 3.07 bits per heavy atom. The van der Waals surface area contributed by atoms with Gasteiger partial charge in [0.25, 0.3) is 5.56 Å². The summed E-state index contributed by atoms with van der Waals surface area (Å²) in [6.45, 7) is 2.47. The summed E-state index contributed by atoms with van der Waals surface area (Å²) in [4.78, 5) is 19.3. The van der Waals surface area contributed by atoms with Gasteiger partial charge in [-0.1, -0.05) is 0 Å². The lowest BCUT2D eigenvalue weighted by Gasteiger charge is -1.99. The molecule has 0 aliphatic heterocycles. The van der Waals surface area contributed by atoms with Gasteiger partial charge in [-0.05, 0) is 6.92 Å². The summed E-state index contributed by atoms with van der Waals surface area (Å²) in [7, 11) is 0. The van der Waals surface area contributed by atoms with E-state index in [0.717, 1.165) is 10.7 Å². The van der Waals surface area contributed by atoms with Gasteiger partial charge in [0.1, 0.15) is 5.01 Å². The lowest BCUT2D eigenvalue weighted by molar-refractivity contribution is 0.741. The van der Waals surface area contributed by atoms with Crippen LogP contribution in [0.5, 0.6) is 0 Å².